The highest BCUT2D eigenvalue weighted by Crippen LogP contribution is 2.37. The van der Waals surface area contributed by atoms with E-state index in [0.717, 1.165) is 25.5 Å². The van der Waals surface area contributed by atoms with Crippen molar-refractivity contribution < 1.29 is 52.5 Å². The number of hydrogen-bond donors (Lipinski definition) is 1. The molecule has 0 saturated carbocycles. The van der Waals surface area contributed by atoms with E-state index in [1.807, 2.05) is 100 Å². The van der Waals surface area contributed by atoms with Gasteiger partial charge in [-0.1, -0.05) is 98.6 Å². The summed E-state index contributed by atoms with van der Waals surface area (Å²) >= 11 is 6.50. The summed E-state index contributed by atoms with van der Waals surface area (Å²) in [5, 5.41) is 9.21. The van der Waals surface area contributed by atoms with E-state index in [2.05, 4.69) is 36.6 Å². The van der Waals surface area contributed by atoms with Crippen molar-refractivity contribution in [1.82, 2.24) is 0 Å². The summed E-state index contributed by atoms with van der Waals surface area (Å²) in [5.74, 6) is -0.524. The average molecular weight is 920 g/mol. The predicted molar refractivity (Wildman–Crippen MR) is 228 cm³/mol. The number of carbonyl (C=O) groups excluding carboxylic acids is 3. The summed E-state index contributed by atoms with van der Waals surface area (Å²) in [6, 6.07) is 34.7. The van der Waals surface area contributed by atoms with Gasteiger partial charge in [-0.2, -0.15) is 0 Å². The zero-order valence-corrected chi connectivity index (χ0v) is 36.4. The Bertz CT molecular complexity index is 2150. The van der Waals surface area contributed by atoms with Crippen LogP contribution in [0.3, 0.4) is 0 Å². The SMILES string of the molecule is COC(=O)c1cc(B2OC(C)(C)C(C)(C)O2)ccc1OCc1ccccc1.COC(=O)c1cc(Br)ccc1O.COC(=O)c1cc(Br)ccc1OCc1ccccc1. The van der Waals surface area contributed by atoms with Gasteiger partial charge in [0.15, 0.2) is 0 Å². The lowest BCUT2D eigenvalue weighted by Crippen LogP contribution is -2.41. The first-order valence-corrected chi connectivity index (χ1v) is 19.5. The van der Waals surface area contributed by atoms with E-state index in [1.165, 1.54) is 33.5 Å². The topological polar surface area (TPSA) is 136 Å². The molecule has 0 aliphatic carbocycles. The fourth-order valence-corrected chi connectivity index (χ4v) is 5.94. The number of hydrogen-bond acceptors (Lipinski definition) is 11. The average Bonchev–Trinajstić information content (AvgIpc) is 3.46. The van der Waals surface area contributed by atoms with E-state index in [1.54, 1.807) is 30.3 Å². The summed E-state index contributed by atoms with van der Waals surface area (Å²) < 4.78 is 39.3. The van der Waals surface area contributed by atoms with Crippen molar-refractivity contribution in [2.75, 3.05) is 21.3 Å². The monoisotopic (exact) mass is 918 g/mol. The third-order valence-corrected chi connectivity index (χ3v) is 10.1. The lowest BCUT2D eigenvalue weighted by atomic mass is 9.78. The Morgan fingerprint density at radius 3 is 1.43 bits per heavy atom. The molecule has 0 aromatic heterocycles. The Hall–Kier alpha value is -5.15. The van der Waals surface area contributed by atoms with Gasteiger partial charge in [0.1, 0.15) is 47.2 Å². The summed E-state index contributed by atoms with van der Waals surface area (Å²) in [4.78, 5) is 34.9. The molecular formula is C44H45BBr2O11. The van der Waals surface area contributed by atoms with Gasteiger partial charge in [-0.15, -0.1) is 0 Å². The van der Waals surface area contributed by atoms with Crippen LogP contribution in [0.25, 0.3) is 0 Å². The predicted octanol–water partition coefficient (Wildman–Crippen LogP) is 9.11. The maximum Gasteiger partial charge on any atom is 0.494 e. The molecular weight excluding hydrogens is 875 g/mol. The number of esters is 3. The van der Waals surface area contributed by atoms with Gasteiger partial charge < -0.3 is 38.1 Å². The van der Waals surface area contributed by atoms with Gasteiger partial charge in [0.2, 0.25) is 0 Å². The van der Waals surface area contributed by atoms with Gasteiger partial charge in [-0.25, -0.2) is 14.4 Å². The number of methoxy groups -OCH3 is 3. The molecule has 0 spiro atoms. The maximum atomic E-state index is 12.3. The van der Waals surface area contributed by atoms with Crippen molar-refractivity contribution in [3.05, 3.63) is 152 Å². The molecule has 304 valence electrons. The minimum absolute atomic E-state index is 0.0787. The van der Waals surface area contributed by atoms with Crippen molar-refractivity contribution in [3.8, 4) is 17.2 Å². The van der Waals surface area contributed by atoms with E-state index < -0.39 is 36.2 Å². The second kappa shape index (κ2) is 21.0. The Morgan fingerprint density at radius 1 is 0.569 bits per heavy atom. The van der Waals surface area contributed by atoms with Crippen LogP contribution in [0.4, 0.5) is 0 Å². The van der Waals surface area contributed by atoms with Crippen molar-refractivity contribution in [3.63, 3.8) is 0 Å². The molecule has 1 fully saturated rings. The molecule has 1 aliphatic rings. The fourth-order valence-electron chi connectivity index (χ4n) is 5.22. The highest BCUT2D eigenvalue weighted by Gasteiger charge is 2.51. The number of rotatable bonds is 10. The highest BCUT2D eigenvalue weighted by atomic mass is 79.9. The number of phenolic OH excluding ortho intramolecular Hbond substituents is 1. The lowest BCUT2D eigenvalue weighted by molar-refractivity contribution is 0.00578. The molecule has 0 amide bonds. The molecule has 0 atom stereocenters. The normalized spacial score (nSPS) is 13.4. The van der Waals surface area contributed by atoms with E-state index in [0.29, 0.717) is 35.8 Å². The minimum atomic E-state index is -0.554. The van der Waals surface area contributed by atoms with E-state index in [4.69, 9.17) is 28.3 Å². The molecule has 14 heteroatoms. The van der Waals surface area contributed by atoms with Gasteiger partial charge in [0.25, 0.3) is 0 Å². The number of ether oxygens (including phenoxy) is 5. The van der Waals surface area contributed by atoms with Gasteiger partial charge in [-0.3, -0.25) is 0 Å². The molecule has 5 aromatic rings. The molecule has 0 bridgehead atoms. The third kappa shape index (κ3) is 12.4. The van der Waals surface area contributed by atoms with Crippen LogP contribution >= 0.6 is 31.9 Å². The summed E-state index contributed by atoms with van der Waals surface area (Å²) in [6.07, 6.45) is 0. The van der Waals surface area contributed by atoms with E-state index in [9.17, 15) is 19.5 Å². The van der Waals surface area contributed by atoms with Crippen molar-refractivity contribution in [1.29, 1.82) is 0 Å². The summed E-state index contributed by atoms with van der Waals surface area (Å²) in [7, 11) is 3.42. The van der Waals surface area contributed by atoms with Crippen molar-refractivity contribution in [2.24, 2.45) is 0 Å². The zero-order chi connectivity index (χ0) is 42.5. The molecule has 58 heavy (non-hydrogen) atoms. The number of aromatic hydroxyl groups is 1. The second-order valence-electron chi connectivity index (χ2n) is 13.7. The molecule has 1 heterocycles. The van der Waals surface area contributed by atoms with Crippen LogP contribution in [0.5, 0.6) is 17.2 Å². The summed E-state index contributed by atoms with van der Waals surface area (Å²) in [5.41, 5.74) is 2.82. The molecule has 11 nitrogen and oxygen atoms in total. The standard InChI is InChI=1S/C21H25BO5.C15H13BrO3.C8H7BrO3/c1-20(2)21(3,4)27-22(26-20)16-11-12-18(17(13-16)19(23)24-5)25-14-15-9-7-6-8-10-15;1-18-15(17)13-9-12(16)7-8-14(13)19-10-11-5-3-2-4-6-11;1-12-8(11)6-4-5(9)2-3-7(6)10/h6-13H,14H2,1-5H3;2-9H,10H2,1H3;2-4,10H,1H3. The van der Waals surface area contributed by atoms with E-state index >= 15 is 0 Å². The third-order valence-electron chi connectivity index (χ3n) is 9.12. The second-order valence-corrected chi connectivity index (χ2v) is 15.5. The first-order valence-electron chi connectivity index (χ1n) is 17.9. The number of carbonyl (C=O) groups is 3. The molecule has 1 saturated heterocycles. The Kier molecular flexibility index (Phi) is 16.5. The smallest absolute Gasteiger partial charge is 0.494 e. The number of phenols is 1. The Labute approximate surface area is 355 Å². The van der Waals surface area contributed by atoms with Crippen LogP contribution in [0.1, 0.15) is 69.9 Å². The Morgan fingerprint density at radius 2 is 0.966 bits per heavy atom. The van der Waals surface area contributed by atoms with Crippen LogP contribution in [-0.2, 0) is 36.7 Å². The fraction of sp³-hybridized carbons (Fsp3) is 0.250. The highest BCUT2D eigenvalue weighted by molar-refractivity contribution is 9.10. The minimum Gasteiger partial charge on any atom is -0.507 e. The molecule has 5 aromatic carbocycles. The van der Waals surface area contributed by atoms with Gasteiger partial charge in [0, 0.05) is 8.95 Å². The summed E-state index contributed by atoms with van der Waals surface area (Å²) in [6.45, 7) is 8.74. The van der Waals surface area contributed by atoms with Gasteiger partial charge in [-0.05, 0) is 92.8 Å². The maximum absolute atomic E-state index is 12.3. The number of halogens is 2. The molecule has 1 N–H and O–H groups in total. The molecule has 0 radical (unpaired) electrons. The van der Waals surface area contributed by atoms with Gasteiger partial charge in [0.05, 0.1) is 32.5 Å². The van der Waals surface area contributed by atoms with Crippen LogP contribution in [0.15, 0.2) is 124 Å². The quantitative estimate of drug-likeness (QED) is 0.0817. The van der Waals surface area contributed by atoms with Crippen molar-refractivity contribution >= 4 is 62.3 Å². The van der Waals surface area contributed by atoms with Crippen LogP contribution < -0.4 is 14.9 Å². The molecule has 1 aliphatic heterocycles. The zero-order valence-electron chi connectivity index (χ0n) is 33.2. The van der Waals surface area contributed by atoms with Gasteiger partial charge >= 0.3 is 25.0 Å². The van der Waals surface area contributed by atoms with Crippen molar-refractivity contribution in [2.45, 2.75) is 52.1 Å². The lowest BCUT2D eigenvalue weighted by Gasteiger charge is -2.32. The van der Waals surface area contributed by atoms with Crippen LogP contribution in [0.2, 0.25) is 0 Å². The first-order chi connectivity index (χ1) is 27.6. The van der Waals surface area contributed by atoms with E-state index in [-0.39, 0.29) is 11.3 Å². The first kappa shape index (κ1) is 45.6. The van der Waals surface area contributed by atoms with Crippen LogP contribution in [0, 0.1) is 0 Å². The Balaban J connectivity index is 0.000000209. The largest absolute Gasteiger partial charge is 0.507 e. The molecule has 0 unspecified atom stereocenters. The number of benzene rings is 5. The molecule has 6 rings (SSSR count). The van der Waals surface area contributed by atoms with Crippen LogP contribution in [-0.4, -0.2) is 62.7 Å².